The third-order valence-corrected chi connectivity index (χ3v) is 4.70. The summed E-state index contributed by atoms with van der Waals surface area (Å²) >= 11 is 0. The van der Waals surface area contributed by atoms with E-state index in [1.807, 2.05) is 19.9 Å². The van der Waals surface area contributed by atoms with Crippen molar-refractivity contribution in [2.45, 2.75) is 25.9 Å². The van der Waals surface area contributed by atoms with E-state index in [1.54, 1.807) is 43.5 Å². The molecule has 0 fully saturated rings. The summed E-state index contributed by atoms with van der Waals surface area (Å²) < 4.78 is 12.9. The van der Waals surface area contributed by atoms with E-state index in [-0.39, 0.29) is 17.1 Å². The number of Topliss-reactive ketones (excluding diaryl/α,β-unsaturated/α-hetero) is 1. The van der Waals surface area contributed by atoms with Crippen molar-refractivity contribution in [1.29, 1.82) is 0 Å². The number of phenolic OH excluding ortho intramolecular Hbond substituents is 1. The van der Waals surface area contributed by atoms with Gasteiger partial charge in [0.05, 0.1) is 7.11 Å². The highest BCUT2D eigenvalue weighted by Crippen LogP contribution is 2.43. The number of hydrogen-bond acceptors (Lipinski definition) is 6. The summed E-state index contributed by atoms with van der Waals surface area (Å²) in [7, 11) is 1.56. The van der Waals surface area contributed by atoms with E-state index >= 15 is 0 Å². The van der Waals surface area contributed by atoms with Crippen LogP contribution in [0.5, 0.6) is 17.2 Å². The van der Waals surface area contributed by atoms with Crippen LogP contribution in [0.2, 0.25) is 0 Å². The summed E-state index contributed by atoms with van der Waals surface area (Å²) in [5, 5.41) is 13.6. The Morgan fingerprint density at radius 2 is 2.03 bits per heavy atom. The van der Waals surface area contributed by atoms with Gasteiger partial charge in [-0.25, -0.2) is 9.67 Å². The van der Waals surface area contributed by atoms with Gasteiger partial charge in [-0.1, -0.05) is 12.1 Å². The number of phenols is 1. The molecule has 7 heteroatoms. The number of carbonyl (C=O) groups excluding carboxylic acids is 1. The minimum atomic E-state index is -0.353. The zero-order valence-corrected chi connectivity index (χ0v) is 16.4. The van der Waals surface area contributed by atoms with Crippen LogP contribution in [0.1, 0.15) is 35.3 Å². The summed E-state index contributed by atoms with van der Waals surface area (Å²) in [5.74, 6) is 1.13. The molecule has 0 unspecified atom stereocenters. The lowest BCUT2D eigenvalue weighted by Gasteiger charge is -2.17. The molecule has 3 aromatic rings. The van der Waals surface area contributed by atoms with Gasteiger partial charge in [0.15, 0.2) is 11.5 Å². The number of fused-ring (bicyclic) bond motifs is 1. The van der Waals surface area contributed by atoms with Crippen molar-refractivity contribution in [3.8, 4) is 17.2 Å². The molecule has 29 heavy (non-hydrogen) atoms. The number of allylic oxidation sites excluding steroid dienone is 1. The Labute approximate surface area is 168 Å². The van der Waals surface area contributed by atoms with Gasteiger partial charge in [0.1, 0.15) is 29.7 Å². The largest absolute Gasteiger partial charge is 0.508 e. The van der Waals surface area contributed by atoms with Gasteiger partial charge < -0.3 is 14.6 Å². The van der Waals surface area contributed by atoms with Crippen LogP contribution in [0.15, 0.2) is 49.1 Å². The lowest BCUT2D eigenvalue weighted by Crippen LogP contribution is -2.24. The Balaban J connectivity index is 1.79. The molecule has 0 saturated carbocycles. The SMILES string of the molecule is COc1cc(C(=O)C(=Cc2ccc(O)cc2)n2cncn2)cc2c1OC(C)(C)C2. The average Bonchev–Trinajstić information content (AvgIpc) is 3.32. The first kappa shape index (κ1) is 18.7. The van der Waals surface area contributed by atoms with Gasteiger partial charge in [0, 0.05) is 17.5 Å². The molecule has 0 bridgehead atoms. The van der Waals surface area contributed by atoms with E-state index in [1.165, 1.54) is 17.3 Å². The number of aromatic hydroxyl groups is 1. The van der Waals surface area contributed by atoms with Gasteiger partial charge in [0.25, 0.3) is 0 Å². The molecule has 1 aliphatic rings. The molecule has 0 aliphatic carbocycles. The third-order valence-electron chi connectivity index (χ3n) is 4.70. The number of nitrogens with zero attached hydrogens (tertiary/aromatic N) is 3. The molecule has 0 atom stereocenters. The average molecular weight is 391 g/mol. The molecule has 1 N–H and O–H groups in total. The molecule has 0 saturated heterocycles. The molecule has 1 aromatic heterocycles. The number of rotatable bonds is 5. The normalized spacial score (nSPS) is 14.9. The van der Waals surface area contributed by atoms with Crippen molar-refractivity contribution in [2.75, 3.05) is 7.11 Å². The molecule has 0 spiro atoms. The number of ether oxygens (including phenoxy) is 2. The number of benzene rings is 2. The van der Waals surface area contributed by atoms with E-state index in [9.17, 15) is 9.90 Å². The molecule has 0 radical (unpaired) electrons. The minimum absolute atomic E-state index is 0.154. The minimum Gasteiger partial charge on any atom is -0.508 e. The van der Waals surface area contributed by atoms with Crippen LogP contribution in [0.25, 0.3) is 11.8 Å². The second kappa shape index (κ2) is 7.09. The zero-order chi connectivity index (χ0) is 20.6. The van der Waals surface area contributed by atoms with Crippen LogP contribution in [-0.4, -0.2) is 38.4 Å². The second-order valence-corrected chi connectivity index (χ2v) is 7.50. The topological polar surface area (TPSA) is 86.5 Å². The van der Waals surface area contributed by atoms with Crippen molar-refractivity contribution < 1.29 is 19.4 Å². The van der Waals surface area contributed by atoms with Crippen LogP contribution in [0.4, 0.5) is 0 Å². The van der Waals surface area contributed by atoms with Gasteiger partial charge in [-0.2, -0.15) is 5.10 Å². The van der Waals surface area contributed by atoms with Crippen LogP contribution < -0.4 is 9.47 Å². The molecule has 148 valence electrons. The van der Waals surface area contributed by atoms with E-state index in [0.29, 0.717) is 29.2 Å². The predicted molar refractivity (Wildman–Crippen MR) is 108 cm³/mol. The summed E-state index contributed by atoms with van der Waals surface area (Å²) in [6.07, 6.45) is 5.23. The van der Waals surface area contributed by atoms with Crippen molar-refractivity contribution >= 4 is 17.6 Å². The number of ketones is 1. The van der Waals surface area contributed by atoms with E-state index in [2.05, 4.69) is 10.1 Å². The Bertz CT molecular complexity index is 1080. The maximum atomic E-state index is 13.4. The fourth-order valence-corrected chi connectivity index (χ4v) is 3.41. The molecule has 7 nitrogen and oxygen atoms in total. The molecular formula is C22H21N3O4. The summed E-state index contributed by atoms with van der Waals surface area (Å²) in [6, 6.07) is 10.1. The first-order valence-corrected chi connectivity index (χ1v) is 9.17. The monoisotopic (exact) mass is 391 g/mol. The Morgan fingerprint density at radius 3 is 2.69 bits per heavy atom. The highest BCUT2D eigenvalue weighted by molar-refractivity contribution is 6.28. The Hall–Kier alpha value is -3.61. The molecule has 4 rings (SSSR count). The maximum Gasteiger partial charge on any atom is 0.211 e. The third kappa shape index (κ3) is 3.71. The molecule has 0 amide bonds. The first-order valence-electron chi connectivity index (χ1n) is 9.17. The van der Waals surface area contributed by atoms with E-state index < -0.39 is 0 Å². The predicted octanol–water partition coefficient (Wildman–Crippen LogP) is 3.59. The standard InChI is InChI=1S/C22H21N3O4/c1-22(2)11-16-9-15(10-19(28-3)21(16)29-22)20(27)18(25-13-23-12-24-25)8-14-4-6-17(26)7-5-14/h4-10,12-13,26H,11H2,1-3H3. The quantitative estimate of drug-likeness (QED) is 0.528. The fraction of sp³-hybridized carbons (Fsp3) is 0.227. The number of methoxy groups -OCH3 is 1. The molecule has 2 heterocycles. The van der Waals surface area contributed by atoms with Crippen molar-refractivity contribution in [3.63, 3.8) is 0 Å². The van der Waals surface area contributed by atoms with Gasteiger partial charge in [-0.15, -0.1) is 0 Å². The lowest BCUT2D eigenvalue weighted by molar-refractivity contribution is 0.105. The van der Waals surface area contributed by atoms with Gasteiger partial charge in [-0.05, 0) is 49.8 Å². The fourth-order valence-electron chi connectivity index (χ4n) is 3.41. The summed E-state index contributed by atoms with van der Waals surface area (Å²) in [6.45, 7) is 4.00. The number of aromatic nitrogens is 3. The summed E-state index contributed by atoms with van der Waals surface area (Å²) in [4.78, 5) is 17.4. The van der Waals surface area contributed by atoms with E-state index in [0.717, 1.165) is 11.1 Å². The van der Waals surface area contributed by atoms with Gasteiger partial charge in [0.2, 0.25) is 5.78 Å². The lowest BCUT2D eigenvalue weighted by atomic mass is 9.97. The Morgan fingerprint density at radius 1 is 1.28 bits per heavy atom. The number of hydrogen-bond donors (Lipinski definition) is 1. The highest BCUT2D eigenvalue weighted by Gasteiger charge is 2.34. The molecule has 2 aromatic carbocycles. The van der Waals surface area contributed by atoms with Gasteiger partial charge in [-0.3, -0.25) is 4.79 Å². The van der Waals surface area contributed by atoms with Crippen LogP contribution in [0.3, 0.4) is 0 Å². The first-order chi connectivity index (χ1) is 13.9. The van der Waals surface area contributed by atoms with Crippen molar-refractivity contribution in [2.24, 2.45) is 0 Å². The maximum absolute atomic E-state index is 13.4. The van der Waals surface area contributed by atoms with Gasteiger partial charge >= 0.3 is 0 Å². The molecular weight excluding hydrogens is 370 g/mol. The molecule has 1 aliphatic heterocycles. The van der Waals surface area contributed by atoms with Crippen LogP contribution in [0, 0.1) is 0 Å². The summed E-state index contributed by atoms with van der Waals surface area (Å²) in [5.41, 5.74) is 2.13. The van der Waals surface area contributed by atoms with Crippen LogP contribution in [-0.2, 0) is 6.42 Å². The van der Waals surface area contributed by atoms with Crippen LogP contribution >= 0.6 is 0 Å². The zero-order valence-electron chi connectivity index (χ0n) is 16.4. The number of carbonyl (C=O) groups is 1. The highest BCUT2D eigenvalue weighted by atomic mass is 16.5. The van der Waals surface area contributed by atoms with Crippen molar-refractivity contribution in [3.05, 3.63) is 65.7 Å². The van der Waals surface area contributed by atoms with E-state index in [4.69, 9.17) is 9.47 Å². The smallest absolute Gasteiger partial charge is 0.211 e. The van der Waals surface area contributed by atoms with Crippen molar-refractivity contribution in [1.82, 2.24) is 14.8 Å². The second-order valence-electron chi connectivity index (χ2n) is 7.50. The Kier molecular flexibility index (Phi) is 4.58.